The average molecular weight is 413 g/mol. The number of imide groups is 1. The molecule has 8 heteroatoms. The summed E-state index contributed by atoms with van der Waals surface area (Å²) in [5, 5.41) is 2.32. The zero-order valence-corrected chi connectivity index (χ0v) is 17.6. The highest BCUT2D eigenvalue weighted by molar-refractivity contribution is 6.05. The van der Waals surface area contributed by atoms with Crippen molar-refractivity contribution in [3.05, 3.63) is 34.9 Å². The van der Waals surface area contributed by atoms with Crippen LogP contribution in [0.25, 0.3) is 0 Å². The van der Waals surface area contributed by atoms with E-state index in [0.29, 0.717) is 31.6 Å². The summed E-state index contributed by atoms with van der Waals surface area (Å²) < 4.78 is 5.47. The third kappa shape index (κ3) is 3.91. The Labute approximate surface area is 175 Å². The fraction of sp³-hybridized carbons (Fsp3) is 0.545. The number of carbonyl (C=O) groups excluding carboxylic acids is 4. The van der Waals surface area contributed by atoms with Crippen LogP contribution < -0.4 is 5.32 Å². The first kappa shape index (κ1) is 20.4. The molecule has 8 nitrogen and oxygen atoms in total. The summed E-state index contributed by atoms with van der Waals surface area (Å²) in [7, 11) is 0. The molecule has 0 bridgehead atoms. The van der Waals surface area contributed by atoms with Gasteiger partial charge in [0.05, 0.1) is 0 Å². The molecule has 2 atom stereocenters. The van der Waals surface area contributed by atoms with Crippen molar-refractivity contribution in [1.82, 2.24) is 15.1 Å². The van der Waals surface area contributed by atoms with Crippen LogP contribution in [0, 0.1) is 0 Å². The number of likely N-dealkylation sites (tertiary alicyclic amines) is 1. The van der Waals surface area contributed by atoms with Crippen LogP contribution in [-0.2, 0) is 20.9 Å². The number of piperidine rings is 1. The fourth-order valence-corrected chi connectivity index (χ4v) is 4.37. The standard InChI is InChI=1S/C22H27N3O5/c1-22(2,3)30-21(29)24-9-8-14(11-24)13-4-5-16-15(10-13)12-25(20(16)28)17-6-7-18(26)23-19(17)27/h4-5,10,14,17H,6-9,11-12H2,1-3H3,(H,23,26,27)/t14-,17+/m0/s1. The molecule has 3 heterocycles. The summed E-state index contributed by atoms with van der Waals surface area (Å²) in [5.41, 5.74) is 2.05. The molecule has 2 fully saturated rings. The SMILES string of the molecule is CC(C)(C)OC(=O)N1CC[C@H](c2ccc3c(c2)CN([C@@H]2CCC(=O)NC2=O)C3=O)C1. The van der Waals surface area contributed by atoms with Crippen molar-refractivity contribution in [2.45, 2.75) is 64.1 Å². The molecule has 30 heavy (non-hydrogen) atoms. The van der Waals surface area contributed by atoms with E-state index in [1.54, 1.807) is 9.80 Å². The third-order valence-corrected chi connectivity index (χ3v) is 5.86. The zero-order valence-electron chi connectivity index (χ0n) is 17.6. The maximum atomic E-state index is 12.8. The molecule has 0 spiro atoms. The average Bonchev–Trinajstić information content (AvgIpc) is 3.26. The first-order valence-electron chi connectivity index (χ1n) is 10.4. The second kappa shape index (κ2) is 7.41. The monoisotopic (exact) mass is 413 g/mol. The lowest BCUT2D eigenvalue weighted by Gasteiger charge is -2.29. The summed E-state index contributed by atoms with van der Waals surface area (Å²) in [6, 6.07) is 5.16. The second-order valence-corrected chi connectivity index (χ2v) is 9.23. The highest BCUT2D eigenvalue weighted by atomic mass is 16.6. The Hall–Kier alpha value is -2.90. The first-order chi connectivity index (χ1) is 14.1. The number of amides is 4. The molecule has 3 aliphatic heterocycles. The first-order valence-corrected chi connectivity index (χ1v) is 10.4. The van der Waals surface area contributed by atoms with E-state index in [-0.39, 0.29) is 30.2 Å². The van der Waals surface area contributed by atoms with Gasteiger partial charge >= 0.3 is 6.09 Å². The van der Waals surface area contributed by atoms with Gasteiger partial charge in [0, 0.05) is 37.5 Å². The highest BCUT2D eigenvalue weighted by Crippen LogP contribution is 2.33. The predicted octanol–water partition coefficient (Wildman–Crippen LogP) is 2.17. The minimum absolute atomic E-state index is 0.173. The van der Waals surface area contributed by atoms with E-state index in [9.17, 15) is 19.2 Å². The molecule has 2 saturated heterocycles. The van der Waals surface area contributed by atoms with Crippen molar-refractivity contribution in [3.63, 3.8) is 0 Å². The van der Waals surface area contributed by atoms with Crippen LogP contribution >= 0.6 is 0 Å². The summed E-state index contributed by atoms with van der Waals surface area (Å²) in [6.45, 7) is 7.13. The largest absolute Gasteiger partial charge is 0.444 e. The van der Waals surface area contributed by atoms with Gasteiger partial charge in [0.25, 0.3) is 5.91 Å². The Morgan fingerprint density at radius 1 is 1.17 bits per heavy atom. The number of hydrogen-bond donors (Lipinski definition) is 1. The van der Waals surface area contributed by atoms with Crippen LogP contribution in [0.5, 0.6) is 0 Å². The molecule has 0 unspecified atom stereocenters. The van der Waals surface area contributed by atoms with Crippen LogP contribution in [0.1, 0.15) is 67.4 Å². The predicted molar refractivity (Wildman–Crippen MR) is 108 cm³/mol. The number of rotatable bonds is 2. The molecule has 4 amide bonds. The normalized spacial score (nSPS) is 24.2. The molecular formula is C22H27N3O5. The van der Waals surface area contributed by atoms with E-state index in [4.69, 9.17) is 4.74 Å². The van der Waals surface area contributed by atoms with Gasteiger partial charge in [-0.05, 0) is 50.8 Å². The van der Waals surface area contributed by atoms with Gasteiger partial charge in [-0.1, -0.05) is 12.1 Å². The van der Waals surface area contributed by atoms with Gasteiger partial charge in [-0.2, -0.15) is 0 Å². The zero-order chi connectivity index (χ0) is 21.6. The third-order valence-electron chi connectivity index (χ3n) is 5.86. The van der Waals surface area contributed by atoms with Gasteiger partial charge in [-0.25, -0.2) is 4.79 Å². The molecule has 0 aliphatic carbocycles. The molecule has 4 rings (SSSR count). The molecule has 1 aromatic carbocycles. The lowest BCUT2D eigenvalue weighted by Crippen LogP contribution is -2.52. The topological polar surface area (TPSA) is 96.0 Å². The summed E-state index contributed by atoms with van der Waals surface area (Å²) in [4.78, 5) is 52.0. The minimum Gasteiger partial charge on any atom is -0.444 e. The van der Waals surface area contributed by atoms with Crippen molar-refractivity contribution in [2.75, 3.05) is 13.1 Å². The summed E-state index contributed by atoms with van der Waals surface area (Å²) in [5.74, 6) is -0.690. The van der Waals surface area contributed by atoms with Crippen LogP contribution in [0.3, 0.4) is 0 Å². The Kier molecular flexibility index (Phi) is 5.03. The van der Waals surface area contributed by atoms with Gasteiger partial charge in [-0.3, -0.25) is 19.7 Å². The van der Waals surface area contributed by atoms with E-state index >= 15 is 0 Å². The number of hydrogen-bond acceptors (Lipinski definition) is 5. The Bertz CT molecular complexity index is 920. The Balaban J connectivity index is 1.45. The van der Waals surface area contributed by atoms with E-state index in [1.165, 1.54) is 0 Å². The van der Waals surface area contributed by atoms with Crippen molar-refractivity contribution < 1.29 is 23.9 Å². The fourth-order valence-electron chi connectivity index (χ4n) is 4.37. The lowest BCUT2D eigenvalue weighted by atomic mass is 9.95. The van der Waals surface area contributed by atoms with Crippen molar-refractivity contribution >= 4 is 23.8 Å². The van der Waals surface area contributed by atoms with Crippen LogP contribution in [-0.4, -0.2) is 58.3 Å². The number of benzene rings is 1. The number of nitrogens with one attached hydrogen (secondary N) is 1. The molecule has 0 radical (unpaired) electrons. The number of carbonyl (C=O) groups is 4. The Morgan fingerprint density at radius 3 is 2.63 bits per heavy atom. The van der Waals surface area contributed by atoms with Gasteiger partial charge in [0.15, 0.2) is 0 Å². The van der Waals surface area contributed by atoms with Gasteiger partial charge in [0.1, 0.15) is 11.6 Å². The smallest absolute Gasteiger partial charge is 0.410 e. The maximum absolute atomic E-state index is 12.8. The lowest BCUT2D eigenvalue weighted by molar-refractivity contribution is -0.136. The number of fused-ring (bicyclic) bond motifs is 1. The summed E-state index contributed by atoms with van der Waals surface area (Å²) in [6.07, 6.45) is 1.13. The Morgan fingerprint density at radius 2 is 1.93 bits per heavy atom. The minimum atomic E-state index is -0.611. The van der Waals surface area contributed by atoms with Crippen LogP contribution in [0.4, 0.5) is 4.79 Å². The molecular weight excluding hydrogens is 386 g/mol. The molecule has 0 saturated carbocycles. The van der Waals surface area contributed by atoms with E-state index < -0.39 is 17.6 Å². The molecule has 1 N–H and O–H groups in total. The quantitative estimate of drug-likeness (QED) is 0.750. The molecule has 0 aromatic heterocycles. The van der Waals surface area contributed by atoms with E-state index in [2.05, 4.69) is 5.32 Å². The van der Waals surface area contributed by atoms with Crippen LogP contribution in [0.15, 0.2) is 18.2 Å². The number of nitrogens with zero attached hydrogens (tertiary/aromatic N) is 2. The van der Waals surface area contributed by atoms with Gasteiger partial charge < -0.3 is 14.5 Å². The van der Waals surface area contributed by atoms with Gasteiger partial charge in [0.2, 0.25) is 11.8 Å². The maximum Gasteiger partial charge on any atom is 0.410 e. The highest BCUT2D eigenvalue weighted by Gasteiger charge is 2.39. The van der Waals surface area contributed by atoms with E-state index in [0.717, 1.165) is 17.5 Å². The molecule has 3 aliphatic rings. The second-order valence-electron chi connectivity index (χ2n) is 9.23. The van der Waals surface area contributed by atoms with Crippen LogP contribution in [0.2, 0.25) is 0 Å². The van der Waals surface area contributed by atoms with Crippen molar-refractivity contribution in [3.8, 4) is 0 Å². The molecule has 1 aromatic rings. The van der Waals surface area contributed by atoms with Gasteiger partial charge in [-0.15, -0.1) is 0 Å². The van der Waals surface area contributed by atoms with E-state index in [1.807, 2.05) is 39.0 Å². The van der Waals surface area contributed by atoms with Crippen molar-refractivity contribution in [2.24, 2.45) is 0 Å². The van der Waals surface area contributed by atoms with Crippen molar-refractivity contribution in [1.29, 1.82) is 0 Å². The number of ether oxygens (including phenoxy) is 1. The molecule has 160 valence electrons. The summed E-state index contributed by atoms with van der Waals surface area (Å²) >= 11 is 0.